The molecule has 0 unspecified atom stereocenters. The summed E-state index contributed by atoms with van der Waals surface area (Å²) in [4.78, 5) is 15.2. The Morgan fingerprint density at radius 2 is 2.24 bits per heavy atom. The maximum absolute atomic E-state index is 12.8. The average Bonchev–Trinajstić information content (AvgIpc) is 2.14. The number of alkyl halides is 3. The monoisotopic (exact) mass is 267 g/mol. The highest BCUT2D eigenvalue weighted by Gasteiger charge is 2.52. The van der Waals surface area contributed by atoms with Crippen molar-refractivity contribution in [1.29, 1.82) is 0 Å². The lowest BCUT2D eigenvalue weighted by molar-refractivity contribution is -0.178. The van der Waals surface area contributed by atoms with Crippen molar-refractivity contribution >= 4 is 17.5 Å². The van der Waals surface area contributed by atoms with Crippen molar-refractivity contribution in [2.75, 3.05) is 5.32 Å². The van der Waals surface area contributed by atoms with E-state index in [1.807, 2.05) is 0 Å². The number of aromatic nitrogens is 2. The van der Waals surface area contributed by atoms with E-state index >= 15 is 0 Å². The Bertz CT molecular complexity index is 513. The van der Waals surface area contributed by atoms with Crippen LogP contribution in [0.2, 0.25) is 5.15 Å². The van der Waals surface area contributed by atoms with Gasteiger partial charge in [0.2, 0.25) is 5.95 Å². The minimum Gasteiger partial charge on any atom is -0.342 e. The third-order valence-corrected chi connectivity index (χ3v) is 3.02. The fraction of sp³-hybridized carbons (Fsp3) is 0.556. The molecule has 1 N–H and O–H groups in total. The van der Waals surface area contributed by atoms with E-state index in [0.29, 0.717) is 0 Å². The number of nitrogens with zero attached hydrogens (tertiary/aromatic N) is 2. The highest BCUT2D eigenvalue weighted by atomic mass is 35.5. The molecule has 1 aliphatic heterocycles. The first-order valence-electron chi connectivity index (χ1n) is 4.85. The van der Waals surface area contributed by atoms with Crippen molar-refractivity contribution in [3.8, 4) is 0 Å². The molecule has 0 saturated heterocycles. The summed E-state index contributed by atoms with van der Waals surface area (Å²) in [6.07, 6.45) is -4.65. The van der Waals surface area contributed by atoms with E-state index < -0.39 is 17.3 Å². The van der Waals surface area contributed by atoms with Crippen LogP contribution in [-0.2, 0) is 6.54 Å². The number of nitrogens with one attached hydrogen (secondary N) is 1. The summed E-state index contributed by atoms with van der Waals surface area (Å²) in [6.45, 7) is 0.991. The predicted octanol–water partition coefficient (Wildman–Crippen LogP) is 2.03. The van der Waals surface area contributed by atoms with Gasteiger partial charge in [-0.2, -0.15) is 13.2 Å². The first-order valence-corrected chi connectivity index (χ1v) is 5.23. The van der Waals surface area contributed by atoms with Crippen molar-refractivity contribution in [3.05, 3.63) is 21.6 Å². The van der Waals surface area contributed by atoms with Crippen LogP contribution in [0.1, 0.15) is 13.3 Å². The van der Waals surface area contributed by atoms with Crippen molar-refractivity contribution in [1.82, 2.24) is 9.55 Å². The molecular formula is C9H9ClF3N3O. The second kappa shape index (κ2) is 3.63. The minimum atomic E-state index is -4.42. The maximum atomic E-state index is 12.8. The van der Waals surface area contributed by atoms with Crippen molar-refractivity contribution in [2.24, 2.45) is 0 Å². The number of hydrogen-bond donors (Lipinski definition) is 1. The number of rotatable bonds is 0. The van der Waals surface area contributed by atoms with Gasteiger partial charge in [0, 0.05) is 12.6 Å². The van der Waals surface area contributed by atoms with Gasteiger partial charge in [0.1, 0.15) is 10.7 Å². The molecule has 1 atom stereocenters. The van der Waals surface area contributed by atoms with Gasteiger partial charge in [-0.25, -0.2) is 4.98 Å². The van der Waals surface area contributed by atoms with Crippen LogP contribution in [0.15, 0.2) is 10.9 Å². The molecule has 1 aliphatic rings. The number of hydrogen-bond acceptors (Lipinski definition) is 3. The largest absolute Gasteiger partial charge is 0.411 e. The summed E-state index contributed by atoms with van der Waals surface area (Å²) in [5.41, 5.74) is -2.55. The lowest BCUT2D eigenvalue weighted by Gasteiger charge is -2.37. The van der Waals surface area contributed by atoms with Gasteiger partial charge in [0.25, 0.3) is 5.56 Å². The number of halogens is 4. The molecule has 8 heteroatoms. The third kappa shape index (κ3) is 1.99. The third-order valence-electron chi connectivity index (χ3n) is 2.83. The second-order valence-corrected chi connectivity index (χ2v) is 4.48. The van der Waals surface area contributed by atoms with Crippen LogP contribution >= 0.6 is 11.6 Å². The highest BCUT2D eigenvalue weighted by Crippen LogP contribution is 2.38. The molecule has 2 heterocycles. The van der Waals surface area contributed by atoms with Gasteiger partial charge in [-0.15, -0.1) is 0 Å². The zero-order valence-electron chi connectivity index (χ0n) is 8.81. The topological polar surface area (TPSA) is 46.9 Å². The normalized spacial score (nSPS) is 24.1. The quantitative estimate of drug-likeness (QED) is 0.732. The fourth-order valence-corrected chi connectivity index (χ4v) is 1.82. The van der Waals surface area contributed by atoms with E-state index in [4.69, 9.17) is 11.6 Å². The highest BCUT2D eigenvalue weighted by molar-refractivity contribution is 6.29. The van der Waals surface area contributed by atoms with Gasteiger partial charge in [-0.05, 0) is 13.3 Å². The molecule has 4 nitrogen and oxygen atoms in total. The van der Waals surface area contributed by atoms with Crippen LogP contribution in [0.5, 0.6) is 0 Å². The van der Waals surface area contributed by atoms with Crippen LogP contribution in [-0.4, -0.2) is 21.3 Å². The molecule has 0 spiro atoms. The van der Waals surface area contributed by atoms with Gasteiger partial charge in [-0.3, -0.25) is 9.36 Å². The summed E-state index contributed by atoms with van der Waals surface area (Å²) in [6, 6.07) is 1.07. The first-order chi connectivity index (χ1) is 7.73. The molecule has 17 heavy (non-hydrogen) atoms. The van der Waals surface area contributed by atoms with E-state index in [2.05, 4.69) is 10.3 Å². The predicted molar refractivity (Wildman–Crippen MR) is 56.2 cm³/mol. The summed E-state index contributed by atoms with van der Waals surface area (Å²) < 4.78 is 39.6. The van der Waals surface area contributed by atoms with E-state index in [1.54, 1.807) is 0 Å². The molecule has 2 rings (SSSR count). The van der Waals surface area contributed by atoms with E-state index in [1.165, 1.54) is 0 Å². The smallest absolute Gasteiger partial charge is 0.342 e. The molecule has 0 bridgehead atoms. The zero-order chi connectivity index (χ0) is 12.8. The number of fused-ring (bicyclic) bond motifs is 1. The molecule has 0 aromatic carbocycles. The summed E-state index contributed by atoms with van der Waals surface area (Å²) in [7, 11) is 0. The SMILES string of the molecule is C[C@]1(C(F)(F)F)CCn2c(nc(Cl)cc2=O)N1. The van der Waals surface area contributed by atoms with Gasteiger partial charge < -0.3 is 5.32 Å². The summed E-state index contributed by atoms with van der Waals surface area (Å²) in [5.74, 6) is -0.145. The van der Waals surface area contributed by atoms with Crippen LogP contribution < -0.4 is 10.9 Å². The number of anilines is 1. The van der Waals surface area contributed by atoms with Gasteiger partial charge in [-0.1, -0.05) is 11.6 Å². The second-order valence-electron chi connectivity index (χ2n) is 4.10. The van der Waals surface area contributed by atoms with Crippen molar-refractivity contribution < 1.29 is 13.2 Å². The molecule has 0 saturated carbocycles. The Morgan fingerprint density at radius 1 is 1.59 bits per heavy atom. The lowest BCUT2D eigenvalue weighted by atomic mass is 9.95. The van der Waals surface area contributed by atoms with Gasteiger partial charge >= 0.3 is 6.18 Å². The Labute approximate surface area is 99.4 Å². The molecule has 0 fully saturated rings. The average molecular weight is 268 g/mol. The molecule has 0 radical (unpaired) electrons. The lowest BCUT2D eigenvalue weighted by Crippen LogP contribution is -2.54. The van der Waals surface area contributed by atoms with E-state index in [9.17, 15) is 18.0 Å². The fourth-order valence-electron chi connectivity index (χ4n) is 1.65. The molecule has 1 aromatic heterocycles. The van der Waals surface area contributed by atoms with Crippen molar-refractivity contribution in [3.63, 3.8) is 0 Å². The molecule has 94 valence electrons. The van der Waals surface area contributed by atoms with Crippen LogP contribution in [0.3, 0.4) is 0 Å². The standard InChI is InChI=1S/C9H9ClF3N3O/c1-8(9(11,12)13)2-3-16-6(17)4-5(10)14-7(16)15-8/h4H,2-3H2,1H3,(H,14,15)/t8-/m1/s1. The van der Waals surface area contributed by atoms with E-state index in [0.717, 1.165) is 17.6 Å². The van der Waals surface area contributed by atoms with Crippen LogP contribution in [0.4, 0.5) is 19.1 Å². The minimum absolute atomic E-state index is 0.0403. The van der Waals surface area contributed by atoms with Crippen molar-refractivity contribution in [2.45, 2.75) is 31.6 Å². The molecule has 0 aliphatic carbocycles. The maximum Gasteiger partial charge on any atom is 0.411 e. The molecular weight excluding hydrogens is 259 g/mol. The van der Waals surface area contributed by atoms with E-state index in [-0.39, 0.29) is 24.1 Å². The van der Waals surface area contributed by atoms with Crippen LogP contribution in [0, 0.1) is 0 Å². The Hall–Kier alpha value is -1.24. The summed E-state index contributed by atoms with van der Waals surface area (Å²) in [5, 5.41) is 2.11. The van der Waals surface area contributed by atoms with Gasteiger partial charge in [0.05, 0.1) is 0 Å². The Morgan fingerprint density at radius 3 is 2.82 bits per heavy atom. The summed E-state index contributed by atoms with van der Waals surface area (Å²) >= 11 is 5.54. The first kappa shape index (κ1) is 12.2. The zero-order valence-corrected chi connectivity index (χ0v) is 9.56. The Kier molecular flexibility index (Phi) is 2.61. The Balaban J connectivity index is 2.47. The molecule has 0 amide bonds. The van der Waals surface area contributed by atoms with Crippen LogP contribution in [0.25, 0.3) is 0 Å². The van der Waals surface area contributed by atoms with Gasteiger partial charge in [0.15, 0.2) is 0 Å². The molecule has 1 aromatic rings.